The second-order valence-corrected chi connectivity index (χ2v) is 5.26. The highest BCUT2D eigenvalue weighted by atomic mass is 32.1. The first kappa shape index (κ1) is 14.2. The Kier molecular flexibility index (Phi) is 3.60. The first-order valence-electron chi connectivity index (χ1n) is 6.62. The van der Waals surface area contributed by atoms with Crippen LogP contribution in [0.25, 0.3) is 21.7 Å². The van der Waals surface area contributed by atoms with Gasteiger partial charge in [0.15, 0.2) is 5.11 Å². The molecule has 3 rings (SSSR count). The first-order chi connectivity index (χ1) is 10.6. The molecule has 0 radical (unpaired) electrons. The van der Waals surface area contributed by atoms with Gasteiger partial charge in [-0.2, -0.15) is 5.10 Å². The molecule has 1 heterocycles. The average molecular weight is 311 g/mol. The monoisotopic (exact) mass is 311 g/mol. The molecule has 0 saturated carbocycles. The van der Waals surface area contributed by atoms with Gasteiger partial charge in [-0.1, -0.05) is 30.3 Å². The fourth-order valence-corrected chi connectivity index (χ4v) is 2.37. The summed E-state index contributed by atoms with van der Waals surface area (Å²) in [5, 5.41) is 6.97. The van der Waals surface area contributed by atoms with Crippen molar-refractivity contribution in [3.05, 3.63) is 58.4 Å². The Morgan fingerprint density at radius 2 is 2.00 bits per heavy atom. The van der Waals surface area contributed by atoms with E-state index in [1.54, 1.807) is 19.1 Å². The number of fused-ring (bicyclic) bond motifs is 3. The van der Waals surface area contributed by atoms with Crippen LogP contribution < -0.4 is 16.8 Å². The summed E-state index contributed by atoms with van der Waals surface area (Å²) in [5.74, 6) is 0. The molecule has 0 bridgehead atoms. The summed E-state index contributed by atoms with van der Waals surface area (Å²) >= 11 is 4.69. The van der Waals surface area contributed by atoms with Crippen LogP contribution in [-0.4, -0.2) is 10.8 Å². The lowest BCUT2D eigenvalue weighted by Gasteiger charge is -2.05. The zero-order chi connectivity index (χ0) is 15.7. The van der Waals surface area contributed by atoms with Gasteiger partial charge in [0.05, 0.1) is 11.3 Å². The van der Waals surface area contributed by atoms with Crippen LogP contribution in [-0.2, 0) is 0 Å². The lowest BCUT2D eigenvalue weighted by Crippen LogP contribution is -2.26. The van der Waals surface area contributed by atoms with Crippen LogP contribution in [0, 0.1) is 0 Å². The van der Waals surface area contributed by atoms with Crippen molar-refractivity contribution in [3.8, 4) is 0 Å². The van der Waals surface area contributed by atoms with Crippen molar-refractivity contribution in [2.24, 2.45) is 10.8 Å². The van der Waals surface area contributed by atoms with Crippen molar-refractivity contribution in [1.82, 2.24) is 5.43 Å². The zero-order valence-corrected chi connectivity index (χ0v) is 12.6. The van der Waals surface area contributed by atoms with Crippen molar-refractivity contribution in [1.29, 1.82) is 0 Å². The van der Waals surface area contributed by atoms with Crippen LogP contribution >= 0.6 is 12.2 Å². The van der Waals surface area contributed by atoms with Crippen molar-refractivity contribution >= 4 is 44.8 Å². The number of hydrazone groups is 1. The van der Waals surface area contributed by atoms with E-state index >= 15 is 0 Å². The quantitative estimate of drug-likeness (QED) is 0.250. The Bertz CT molecular complexity index is 976. The maximum atomic E-state index is 12.1. The van der Waals surface area contributed by atoms with Crippen LogP contribution in [0.1, 0.15) is 12.5 Å². The molecule has 0 saturated heterocycles. The van der Waals surface area contributed by atoms with Crippen LogP contribution in [0.2, 0.25) is 0 Å². The number of nitrogens with zero attached hydrogens (tertiary/aromatic N) is 1. The third-order valence-electron chi connectivity index (χ3n) is 3.37. The van der Waals surface area contributed by atoms with Crippen LogP contribution in [0.4, 0.5) is 0 Å². The first-order valence-corrected chi connectivity index (χ1v) is 7.03. The molecule has 3 aromatic rings. The van der Waals surface area contributed by atoms with Crippen molar-refractivity contribution < 1.29 is 4.42 Å². The van der Waals surface area contributed by atoms with Crippen molar-refractivity contribution in [2.75, 3.05) is 0 Å². The number of hydrogen-bond acceptors (Lipinski definition) is 4. The van der Waals surface area contributed by atoms with E-state index in [-0.39, 0.29) is 5.11 Å². The van der Waals surface area contributed by atoms with E-state index in [0.717, 1.165) is 16.2 Å². The lowest BCUT2D eigenvalue weighted by atomic mass is 10.0. The fourth-order valence-electron chi connectivity index (χ4n) is 2.32. The largest absolute Gasteiger partial charge is 0.422 e. The molecule has 1 aromatic heterocycles. The number of thiocarbonyl (C=S) groups is 1. The summed E-state index contributed by atoms with van der Waals surface area (Å²) in [7, 11) is 0. The SMILES string of the molecule is C/C(=N/NC(N)=S)c1cc2c(ccc3ccccc32)oc1=O. The average Bonchev–Trinajstić information content (AvgIpc) is 2.51. The summed E-state index contributed by atoms with van der Waals surface area (Å²) < 4.78 is 5.40. The number of hydrogen-bond donors (Lipinski definition) is 2. The topological polar surface area (TPSA) is 80.6 Å². The van der Waals surface area contributed by atoms with Crippen LogP contribution in [0.5, 0.6) is 0 Å². The van der Waals surface area contributed by atoms with Crippen molar-refractivity contribution in [2.45, 2.75) is 6.92 Å². The van der Waals surface area contributed by atoms with Gasteiger partial charge in [0, 0.05) is 5.39 Å². The fraction of sp³-hybridized carbons (Fsp3) is 0.0625. The Hall–Kier alpha value is -2.73. The van der Waals surface area contributed by atoms with Crippen LogP contribution in [0.15, 0.2) is 56.8 Å². The van der Waals surface area contributed by atoms with Gasteiger partial charge in [-0.15, -0.1) is 0 Å². The standard InChI is InChI=1S/C16H13N3O2S/c1-9(18-19-16(17)22)12-8-13-11-5-3-2-4-10(11)6-7-14(13)21-15(12)20/h2-8H,1H3,(H3,17,19,22)/b18-9-. The molecule has 0 amide bonds. The number of nitrogens with two attached hydrogens (primary N) is 1. The van der Waals surface area contributed by atoms with Gasteiger partial charge in [-0.3, -0.25) is 5.43 Å². The third-order valence-corrected chi connectivity index (χ3v) is 3.46. The predicted octanol–water partition coefficient (Wildman–Crippen LogP) is 2.50. The Balaban J connectivity index is 2.26. The molecule has 0 atom stereocenters. The smallest absolute Gasteiger partial charge is 0.345 e. The summed E-state index contributed by atoms with van der Waals surface area (Å²) in [6.07, 6.45) is 0. The molecule has 110 valence electrons. The molecular weight excluding hydrogens is 298 g/mol. The van der Waals surface area contributed by atoms with Gasteiger partial charge < -0.3 is 10.2 Å². The van der Waals surface area contributed by atoms with E-state index in [1.807, 2.05) is 30.3 Å². The Labute approximate surface area is 131 Å². The minimum atomic E-state index is -0.450. The predicted molar refractivity (Wildman–Crippen MR) is 92.1 cm³/mol. The number of nitrogens with one attached hydrogen (secondary N) is 1. The van der Waals surface area contributed by atoms with Gasteiger partial charge >= 0.3 is 5.63 Å². The van der Waals surface area contributed by atoms with Gasteiger partial charge in [-0.05, 0) is 42.0 Å². The van der Waals surface area contributed by atoms with Crippen LogP contribution in [0.3, 0.4) is 0 Å². The maximum Gasteiger partial charge on any atom is 0.345 e. The van der Waals surface area contributed by atoms with Gasteiger partial charge in [-0.25, -0.2) is 4.79 Å². The lowest BCUT2D eigenvalue weighted by molar-refractivity contribution is 0.559. The molecule has 3 N–H and O–H groups in total. The molecule has 0 aliphatic rings. The molecular formula is C16H13N3O2S. The van der Waals surface area contributed by atoms with E-state index in [1.165, 1.54) is 0 Å². The highest BCUT2D eigenvalue weighted by Gasteiger charge is 2.10. The molecule has 22 heavy (non-hydrogen) atoms. The molecule has 0 spiro atoms. The molecule has 5 nitrogen and oxygen atoms in total. The molecule has 0 unspecified atom stereocenters. The second kappa shape index (κ2) is 5.57. The Morgan fingerprint density at radius 3 is 2.77 bits per heavy atom. The highest BCUT2D eigenvalue weighted by Crippen LogP contribution is 2.24. The van der Waals surface area contributed by atoms with Crippen molar-refractivity contribution in [3.63, 3.8) is 0 Å². The summed E-state index contributed by atoms with van der Waals surface area (Å²) in [6, 6.07) is 13.4. The van der Waals surface area contributed by atoms with E-state index in [9.17, 15) is 4.79 Å². The maximum absolute atomic E-state index is 12.1. The number of rotatable bonds is 2. The minimum Gasteiger partial charge on any atom is -0.422 e. The third kappa shape index (κ3) is 2.56. The molecule has 6 heteroatoms. The molecule has 0 aliphatic carbocycles. The van der Waals surface area contributed by atoms with E-state index in [4.69, 9.17) is 22.4 Å². The van der Waals surface area contributed by atoms with E-state index in [2.05, 4.69) is 10.5 Å². The highest BCUT2D eigenvalue weighted by molar-refractivity contribution is 7.80. The van der Waals surface area contributed by atoms with Gasteiger partial charge in [0.2, 0.25) is 0 Å². The second-order valence-electron chi connectivity index (χ2n) is 4.82. The molecule has 2 aromatic carbocycles. The van der Waals surface area contributed by atoms with E-state index in [0.29, 0.717) is 16.9 Å². The summed E-state index contributed by atoms with van der Waals surface area (Å²) in [5.41, 5.74) is 8.72. The minimum absolute atomic E-state index is 0.0370. The van der Waals surface area contributed by atoms with Gasteiger partial charge in [0.1, 0.15) is 5.58 Å². The summed E-state index contributed by atoms with van der Waals surface area (Å²) in [4.78, 5) is 12.1. The van der Waals surface area contributed by atoms with E-state index < -0.39 is 5.63 Å². The Morgan fingerprint density at radius 1 is 1.23 bits per heavy atom. The normalized spacial score (nSPS) is 11.8. The van der Waals surface area contributed by atoms with Gasteiger partial charge in [0.25, 0.3) is 0 Å². The summed E-state index contributed by atoms with van der Waals surface area (Å²) in [6.45, 7) is 1.69. The molecule has 0 aliphatic heterocycles. The number of benzene rings is 2. The molecule has 0 fully saturated rings. The zero-order valence-electron chi connectivity index (χ0n) is 11.8.